The summed E-state index contributed by atoms with van der Waals surface area (Å²) in [6.45, 7) is 1.79. The molecule has 6 nitrogen and oxygen atoms in total. The molecule has 0 unspecified atom stereocenters. The maximum absolute atomic E-state index is 12.1. The molecule has 1 aliphatic heterocycles. The summed E-state index contributed by atoms with van der Waals surface area (Å²) >= 11 is 0.888. The monoisotopic (exact) mass is 293 g/mol. The van der Waals surface area contributed by atoms with Crippen LogP contribution in [0.2, 0.25) is 0 Å². The first-order valence-corrected chi connectivity index (χ1v) is 6.88. The molecule has 20 heavy (non-hydrogen) atoms. The van der Waals surface area contributed by atoms with Gasteiger partial charge in [-0.05, 0) is 36.4 Å². The summed E-state index contributed by atoms with van der Waals surface area (Å²) in [5, 5.41) is -1.08. The topological polar surface area (TPSA) is 83.7 Å². The van der Waals surface area contributed by atoms with E-state index in [-0.39, 0.29) is 17.7 Å². The first-order chi connectivity index (χ1) is 9.40. The number of carbonyl (C=O) groups excluding carboxylic acids is 3. The number of rotatable bonds is 4. The van der Waals surface area contributed by atoms with Crippen molar-refractivity contribution in [2.75, 3.05) is 18.5 Å². The second kappa shape index (κ2) is 5.54. The lowest BCUT2D eigenvalue weighted by molar-refractivity contribution is -0.125. The molecule has 0 aliphatic carbocycles. The average molecular weight is 293 g/mol. The van der Waals surface area contributed by atoms with Crippen molar-refractivity contribution in [1.29, 1.82) is 0 Å². The molecule has 0 saturated carbocycles. The van der Waals surface area contributed by atoms with Gasteiger partial charge >= 0.3 is 0 Å². The number of likely N-dealkylation sites (N-methyl/N-ethyl adjacent to an activating group) is 1. The van der Waals surface area contributed by atoms with Crippen molar-refractivity contribution in [3.8, 4) is 0 Å². The third-order valence-electron chi connectivity index (χ3n) is 2.97. The Morgan fingerprint density at radius 2 is 2.15 bits per heavy atom. The maximum atomic E-state index is 12.1. The first-order valence-electron chi connectivity index (χ1n) is 6.00. The molecule has 2 N–H and O–H groups in total. The van der Waals surface area contributed by atoms with Crippen molar-refractivity contribution >= 4 is 34.5 Å². The highest BCUT2D eigenvalue weighted by Crippen LogP contribution is 2.32. The Balaban J connectivity index is 2.36. The number of benzene rings is 1. The van der Waals surface area contributed by atoms with Gasteiger partial charge in [0.05, 0.1) is 6.54 Å². The molecule has 0 spiro atoms. The van der Waals surface area contributed by atoms with Gasteiger partial charge in [-0.2, -0.15) is 0 Å². The van der Waals surface area contributed by atoms with Gasteiger partial charge in [-0.25, -0.2) is 0 Å². The van der Waals surface area contributed by atoms with Gasteiger partial charge < -0.3 is 10.6 Å². The lowest BCUT2D eigenvalue weighted by Crippen LogP contribution is -2.44. The number of nitrogens with two attached hydrogens (primary N) is 1. The molecule has 1 atom stereocenters. The number of amides is 3. The number of imide groups is 1. The fourth-order valence-electron chi connectivity index (χ4n) is 1.96. The van der Waals surface area contributed by atoms with Gasteiger partial charge in [-0.15, -0.1) is 0 Å². The van der Waals surface area contributed by atoms with Crippen LogP contribution in [0, 0.1) is 6.92 Å². The maximum Gasteiger partial charge on any atom is 0.290 e. The molecule has 1 aliphatic rings. The highest BCUT2D eigenvalue weighted by Gasteiger charge is 2.41. The van der Waals surface area contributed by atoms with E-state index in [4.69, 9.17) is 5.73 Å². The quantitative estimate of drug-likeness (QED) is 0.893. The van der Waals surface area contributed by atoms with E-state index in [2.05, 4.69) is 0 Å². The van der Waals surface area contributed by atoms with E-state index >= 15 is 0 Å². The van der Waals surface area contributed by atoms with Gasteiger partial charge in [0.15, 0.2) is 5.37 Å². The minimum atomic E-state index is -0.748. The molecular weight excluding hydrogens is 278 g/mol. The lowest BCUT2D eigenvalue weighted by Gasteiger charge is -2.27. The number of primary amides is 1. The lowest BCUT2D eigenvalue weighted by atomic mass is 10.2. The van der Waals surface area contributed by atoms with Gasteiger partial charge in [0.2, 0.25) is 5.91 Å². The third kappa shape index (κ3) is 2.77. The summed E-state index contributed by atoms with van der Waals surface area (Å²) in [7, 11) is 1.43. The summed E-state index contributed by atoms with van der Waals surface area (Å²) < 4.78 is 0. The number of hydrogen-bond donors (Lipinski definition) is 1. The Labute approximate surface area is 120 Å². The van der Waals surface area contributed by atoms with E-state index in [1.54, 1.807) is 11.0 Å². The number of anilines is 1. The van der Waals surface area contributed by atoms with Gasteiger partial charge in [0.25, 0.3) is 11.1 Å². The number of nitrogens with zero attached hydrogens (tertiary/aromatic N) is 2. The van der Waals surface area contributed by atoms with Gasteiger partial charge in [-0.3, -0.25) is 19.3 Å². The van der Waals surface area contributed by atoms with Crippen LogP contribution in [0.4, 0.5) is 10.5 Å². The average Bonchev–Trinajstić information content (AvgIpc) is 2.63. The van der Waals surface area contributed by atoms with E-state index in [9.17, 15) is 14.4 Å². The third-order valence-corrected chi connectivity index (χ3v) is 4.13. The van der Waals surface area contributed by atoms with Crippen LogP contribution < -0.4 is 10.6 Å². The first kappa shape index (κ1) is 14.4. The molecule has 7 heteroatoms. The zero-order chi connectivity index (χ0) is 14.9. The Morgan fingerprint density at radius 1 is 1.45 bits per heavy atom. The zero-order valence-electron chi connectivity index (χ0n) is 11.2. The Morgan fingerprint density at radius 3 is 2.65 bits per heavy atom. The van der Waals surface area contributed by atoms with Crippen molar-refractivity contribution < 1.29 is 14.4 Å². The predicted molar refractivity (Wildman–Crippen MR) is 77.3 cm³/mol. The van der Waals surface area contributed by atoms with E-state index in [0.717, 1.165) is 22.2 Å². The Kier molecular flexibility index (Phi) is 3.99. The van der Waals surface area contributed by atoms with Crippen molar-refractivity contribution in [2.45, 2.75) is 12.3 Å². The van der Waals surface area contributed by atoms with Gasteiger partial charge in [0, 0.05) is 12.7 Å². The standard InChI is InChI=1S/C13H15N3O3S/c1-8-4-3-5-9(6-8)16(7-10(14)17)12-11(18)15(2)13(19)20-12/h3-6,12H,7H2,1-2H3,(H2,14,17)/t12-/m0/s1. The molecule has 0 bridgehead atoms. The van der Waals surface area contributed by atoms with E-state index in [0.29, 0.717) is 5.69 Å². The summed E-state index contributed by atoms with van der Waals surface area (Å²) in [5.41, 5.74) is 6.94. The van der Waals surface area contributed by atoms with E-state index in [1.165, 1.54) is 7.05 Å². The normalized spacial score (nSPS) is 18.5. The molecular formula is C13H15N3O3S. The summed E-state index contributed by atoms with van der Waals surface area (Å²) in [6, 6.07) is 7.37. The fraction of sp³-hybridized carbons (Fsp3) is 0.308. The van der Waals surface area contributed by atoms with Gasteiger partial charge in [0.1, 0.15) is 0 Å². The molecule has 3 amide bonds. The molecule has 1 fully saturated rings. The second-order valence-corrected chi connectivity index (χ2v) is 5.60. The van der Waals surface area contributed by atoms with Gasteiger partial charge in [-0.1, -0.05) is 12.1 Å². The van der Waals surface area contributed by atoms with Crippen LogP contribution in [0.15, 0.2) is 24.3 Å². The van der Waals surface area contributed by atoms with Crippen LogP contribution in [0.3, 0.4) is 0 Å². The fourth-order valence-corrected chi connectivity index (χ4v) is 2.98. The molecule has 0 radical (unpaired) electrons. The Bertz CT molecular complexity index is 576. The molecule has 1 aromatic rings. The molecule has 0 aromatic heterocycles. The summed E-state index contributed by atoms with van der Waals surface area (Å²) in [4.78, 5) is 37.6. The van der Waals surface area contributed by atoms with Crippen LogP contribution in [0.5, 0.6) is 0 Å². The zero-order valence-corrected chi connectivity index (χ0v) is 12.0. The van der Waals surface area contributed by atoms with E-state index in [1.807, 2.05) is 25.1 Å². The van der Waals surface area contributed by atoms with Crippen LogP contribution in [0.1, 0.15) is 5.56 Å². The molecule has 2 rings (SSSR count). The highest BCUT2D eigenvalue weighted by molar-refractivity contribution is 8.15. The predicted octanol–water partition coefficient (Wildman–Crippen LogP) is 0.938. The molecule has 106 valence electrons. The summed E-state index contributed by atoms with van der Waals surface area (Å²) in [6.07, 6.45) is 0. The number of aryl methyl sites for hydroxylation is 1. The second-order valence-electron chi connectivity index (χ2n) is 4.57. The molecule has 1 aromatic carbocycles. The summed E-state index contributed by atoms with van der Waals surface area (Å²) in [5.74, 6) is -0.898. The number of hydrogen-bond acceptors (Lipinski definition) is 5. The van der Waals surface area contributed by atoms with Crippen molar-refractivity contribution in [3.63, 3.8) is 0 Å². The molecule has 1 heterocycles. The minimum Gasteiger partial charge on any atom is -0.368 e. The van der Waals surface area contributed by atoms with Crippen molar-refractivity contribution in [1.82, 2.24) is 4.90 Å². The SMILES string of the molecule is Cc1cccc(N(CC(N)=O)[C@H]2SC(=O)N(C)C2=O)c1. The number of carbonyl (C=O) groups is 3. The van der Waals surface area contributed by atoms with Crippen LogP contribution in [-0.4, -0.2) is 40.9 Å². The highest BCUT2D eigenvalue weighted by atomic mass is 32.2. The van der Waals surface area contributed by atoms with Crippen molar-refractivity contribution in [2.24, 2.45) is 5.73 Å². The van der Waals surface area contributed by atoms with Crippen LogP contribution >= 0.6 is 11.8 Å². The molecule has 1 saturated heterocycles. The smallest absolute Gasteiger partial charge is 0.290 e. The Hall–Kier alpha value is -2.02. The minimum absolute atomic E-state index is 0.117. The van der Waals surface area contributed by atoms with E-state index < -0.39 is 11.3 Å². The number of thioether (sulfide) groups is 1. The largest absolute Gasteiger partial charge is 0.368 e. The van der Waals surface area contributed by atoms with Crippen LogP contribution in [0.25, 0.3) is 0 Å². The van der Waals surface area contributed by atoms with Crippen LogP contribution in [-0.2, 0) is 9.59 Å². The van der Waals surface area contributed by atoms with Crippen molar-refractivity contribution in [3.05, 3.63) is 29.8 Å².